The number of hydrogen-bond acceptors (Lipinski definition) is 5. The van der Waals surface area contributed by atoms with E-state index in [0.29, 0.717) is 64.2 Å². The highest BCUT2D eigenvalue weighted by Gasteiger charge is 2.40. The molecule has 0 fully saturated rings. The number of nitrogens with zero attached hydrogens (tertiary/aromatic N) is 1. The van der Waals surface area contributed by atoms with Crippen LogP contribution in [0.4, 0.5) is 15.8 Å². The molecule has 3 N–H and O–H groups in total. The van der Waals surface area contributed by atoms with Gasteiger partial charge in [0.15, 0.2) is 11.6 Å². The summed E-state index contributed by atoms with van der Waals surface area (Å²) < 4.78 is 25.5. The molecule has 4 rings (SSSR count). The van der Waals surface area contributed by atoms with Crippen LogP contribution in [0.15, 0.2) is 36.7 Å². The summed E-state index contributed by atoms with van der Waals surface area (Å²) in [4.78, 5) is 20.2. The Balaban J connectivity index is 1.95. The number of halogens is 2. The Labute approximate surface area is 190 Å². The molecule has 0 spiro atoms. The van der Waals surface area contributed by atoms with E-state index in [4.69, 9.17) is 21.1 Å². The van der Waals surface area contributed by atoms with Gasteiger partial charge in [-0.25, -0.2) is 4.39 Å². The summed E-state index contributed by atoms with van der Waals surface area (Å²) in [5.41, 5.74) is 2.42. The SMILES string of the molecule is COCCC1(C)CNC(=O)c2c1[nH]c(-c1ccncc1F)c2Nc1cccc(Cl)c1OC. The summed E-state index contributed by atoms with van der Waals surface area (Å²) in [6, 6.07) is 6.82. The molecule has 0 radical (unpaired) electrons. The molecule has 1 aromatic carbocycles. The Bertz CT molecular complexity index is 1170. The summed E-state index contributed by atoms with van der Waals surface area (Å²) in [6.45, 7) is 2.98. The normalized spacial score (nSPS) is 17.6. The van der Waals surface area contributed by atoms with Crippen LogP contribution in [0.1, 0.15) is 29.4 Å². The summed E-state index contributed by atoms with van der Waals surface area (Å²) in [6.07, 6.45) is 3.31. The minimum absolute atomic E-state index is 0.254. The van der Waals surface area contributed by atoms with Crippen LogP contribution < -0.4 is 15.4 Å². The number of fused-ring (bicyclic) bond motifs is 1. The first kappa shape index (κ1) is 22.1. The molecular formula is C23H24ClFN4O3. The van der Waals surface area contributed by atoms with Crippen molar-refractivity contribution in [1.29, 1.82) is 0 Å². The second-order valence-corrected chi connectivity index (χ2v) is 8.32. The first-order valence-corrected chi connectivity index (χ1v) is 10.5. The number of pyridine rings is 1. The van der Waals surface area contributed by atoms with E-state index in [1.165, 1.54) is 13.3 Å². The summed E-state index contributed by atoms with van der Waals surface area (Å²) >= 11 is 6.29. The van der Waals surface area contributed by atoms with Crippen LogP contribution >= 0.6 is 11.6 Å². The average molecular weight is 459 g/mol. The highest BCUT2D eigenvalue weighted by molar-refractivity contribution is 6.32. The highest BCUT2D eigenvalue weighted by atomic mass is 35.5. The van der Waals surface area contributed by atoms with Gasteiger partial charge in [-0.05, 0) is 24.6 Å². The molecule has 2 aromatic heterocycles. The molecule has 32 heavy (non-hydrogen) atoms. The number of ether oxygens (including phenoxy) is 2. The van der Waals surface area contributed by atoms with Gasteiger partial charge >= 0.3 is 0 Å². The zero-order chi connectivity index (χ0) is 22.9. The number of benzene rings is 1. The Hall–Kier alpha value is -3.10. The molecule has 9 heteroatoms. The number of para-hydroxylation sites is 1. The number of aromatic amines is 1. The summed E-state index contributed by atoms with van der Waals surface area (Å²) in [5, 5.41) is 6.65. The third-order valence-corrected chi connectivity index (χ3v) is 6.10. The van der Waals surface area contributed by atoms with Gasteiger partial charge in [0, 0.05) is 43.1 Å². The third kappa shape index (κ3) is 3.80. The van der Waals surface area contributed by atoms with Crippen molar-refractivity contribution in [3.8, 4) is 17.0 Å². The highest BCUT2D eigenvalue weighted by Crippen LogP contribution is 2.45. The second-order valence-electron chi connectivity index (χ2n) is 7.91. The van der Waals surface area contributed by atoms with E-state index in [-0.39, 0.29) is 5.91 Å². The number of carbonyl (C=O) groups excluding carboxylic acids is 1. The van der Waals surface area contributed by atoms with Crippen molar-refractivity contribution in [3.05, 3.63) is 58.8 Å². The smallest absolute Gasteiger partial charge is 0.255 e. The molecule has 3 heterocycles. The van der Waals surface area contributed by atoms with Crippen molar-refractivity contribution < 1.29 is 18.7 Å². The predicted octanol–water partition coefficient (Wildman–Crippen LogP) is 4.66. The molecule has 0 saturated carbocycles. The van der Waals surface area contributed by atoms with Crippen LogP contribution in [0.25, 0.3) is 11.3 Å². The molecule has 0 saturated heterocycles. The minimum Gasteiger partial charge on any atom is -0.493 e. The van der Waals surface area contributed by atoms with Gasteiger partial charge in [-0.3, -0.25) is 9.78 Å². The monoisotopic (exact) mass is 458 g/mol. The van der Waals surface area contributed by atoms with E-state index in [2.05, 4.69) is 20.6 Å². The fourth-order valence-electron chi connectivity index (χ4n) is 4.03. The van der Waals surface area contributed by atoms with E-state index in [0.717, 1.165) is 6.20 Å². The third-order valence-electron chi connectivity index (χ3n) is 5.80. The van der Waals surface area contributed by atoms with Crippen LogP contribution in [0.3, 0.4) is 0 Å². The topological polar surface area (TPSA) is 88.3 Å². The Kier molecular flexibility index (Phi) is 6.08. The molecule has 1 aliphatic rings. The number of aromatic nitrogens is 2. The molecule has 168 valence electrons. The molecule has 0 aliphatic carbocycles. The van der Waals surface area contributed by atoms with Gasteiger partial charge in [-0.2, -0.15) is 0 Å². The molecule has 0 bridgehead atoms. The Morgan fingerprint density at radius 3 is 2.84 bits per heavy atom. The fraction of sp³-hybridized carbons (Fsp3) is 0.304. The molecule has 3 aromatic rings. The van der Waals surface area contributed by atoms with Gasteiger partial charge in [-0.1, -0.05) is 24.6 Å². The van der Waals surface area contributed by atoms with Crippen LogP contribution in [0.5, 0.6) is 5.75 Å². The van der Waals surface area contributed by atoms with Crippen LogP contribution in [-0.4, -0.2) is 43.2 Å². The van der Waals surface area contributed by atoms with E-state index >= 15 is 0 Å². The maximum Gasteiger partial charge on any atom is 0.255 e. The lowest BCUT2D eigenvalue weighted by Gasteiger charge is -2.34. The fourth-order valence-corrected chi connectivity index (χ4v) is 4.28. The average Bonchev–Trinajstić information content (AvgIpc) is 3.16. The van der Waals surface area contributed by atoms with Gasteiger partial charge in [0.25, 0.3) is 5.91 Å². The minimum atomic E-state index is -0.508. The standard InChI is InChI=1S/C23H24ClFN4O3/c1-23(8-10-31-2)12-27-22(30)17-19(28-16-6-4-5-14(24)20(16)32-3)18(29-21(17)23)13-7-9-26-11-15(13)25/h4-7,9,11,28-29H,8,10,12H2,1-3H3,(H,27,30). The van der Waals surface area contributed by atoms with Crippen molar-refractivity contribution in [2.24, 2.45) is 0 Å². The summed E-state index contributed by atoms with van der Waals surface area (Å²) in [7, 11) is 3.15. The summed E-state index contributed by atoms with van der Waals surface area (Å²) in [5.74, 6) is -0.342. The van der Waals surface area contributed by atoms with E-state index in [1.807, 2.05) is 6.92 Å². The first-order chi connectivity index (χ1) is 15.4. The van der Waals surface area contributed by atoms with Gasteiger partial charge in [0.2, 0.25) is 0 Å². The van der Waals surface area contributed by atoms with E-state index in [1.54, 1.807) is 31.4 Å². The number of rotatable bonds is 7. The maximum absolute atomic E-state index is 14.8. The first-order valence-electron chi connectivity index (χ1n) is 10.1. The number of nitrogens with one attached hydrogen (secondary N) is 3. The van der Waals surface area contributed by atoms with E-state index < -0.39 is 11.2 Å². The lowest BCUT2D eigenvalue weighted by molar-refractivity contribution is 0.0913. The quantitative estimate of drug-likeness (QED) is 0.479. The van der Waals surface area contributed by atoms with Crippen LogP contribution in [0, 0.1) is 5.82 Å². The van der Waals surface area contributed by atoms with Crippen LogP contribution in [-0.2, 0) is 10.2 Å². The molecule has 1 amide bonds. The van der Waals surface area contributed by atoms with Crippen molar-refractivity contribution >= 4 is 28.9 Å². The predicted molar refractivity (Wildman–Crippen MR) is 121 cm³/mol. The van der Waals surface area contributed by atoms with E-state index in [9.17, 15) is 9.18 Å². The van der Waals surface area contributed by atoms with Crippen LogP contribution in [0.2, 0.25) is 5.02 Å². The number of hydrogen-bond donors (Lipinski definition) is 3. The number of amides is 1. The van der Waals surface area contributed by atoms with Gasteiger partial charge in [0.1, 0.15) is 0 Å². The van der Waals surface area contributed by atoms with Gasteiger partial charge < -0.3 is 25.1 Å². The molecule has 1 aliphatic heterocycles. The van der Waals surface area contributed by atoms with Gasteiger partial charge in [-0.15, -0.1) is 0 Å². The molecule has 1 unspecified atom stereocenters. The number of anilines is 2. The maximum atomic E-state index is 14.8. The van der Waals surface area contributed by atoms with Crippen molar-refractivity contribution in [2.75, 3.05) is 32.7 Å². The molecule has 7 nitrogen and oxygen atoms in total. The van der Waals surface area contributed by atoms with Gasteiger partial charge in [0.05, 0.1) is 41.0 Å². The Morgan fingerprint density at radius 2 is 2.12 bits per heavy atom. The number of H-pyrrole nitrogens is 1. The van der Waals surface area contributed by atoms with Crippen molar-refractivity contribution in [3.63, 3.8) is 0 Å². The number of carbonyl (C=O) groups is 1. The zero-order valence-corrected chi connectivity index (χ0v) is 18.8. The van der Waals surface area contributed by atoms with Crippen molar-refractivity contribution in [2.45, 2.75) is 18.8 Å². The van der Waals surface area contributed by atoms with Crippen molar-refractivity contribution in [1.82, 2.24) is 15.3 Å². The molecular weight excluding hydrogens is 435 g/mol. The zero-order valence-electron chi connectivity index (χ0n) is 18.0. The number of methoxy groups -OCH3 is 2. The molecule has 1 atom stereocenters. The lowest BCUT2D eigenvalue weighted by Crippen LogP contribution is -2.45. The lowest BCUT2D eigenvalue weighted by atomic mass is 9.79. The Morgan fingerprint density at radius 1 is 1.31 bits per heavy atom. The largest absolute Gasteiger partial charge is 0.493 e. The second kappa shape index (κ2) is 8.80.